The maximum Gasteiger partial charge on any atom is 0.243 e. The summed E-state index contributed by atoms with van der Waals surface area (Å²) in [5.41, 5.74) is -0.824. The van der Waals surface area contributed by atoms with Crippen molar-refractivity contribution in [3.05, 3.63) is 60.8 Å². The number of amides is 1. The van der Waals surface area contributed by atoms with Crippen molar-refractivity contribution in [2.24, 2.45) is 0 Å². The van der Waals surface area contributed by atoms with E-state index in [0.29, 0.717) is 13.0 Å². The van der Waals surface area contributed by atoms with E-state index >= 15 is 0 Å². The minimum atomic E-state index is -0.824. The van der Waals surface area contributed by atoms with Crippen molar-refractivity contribution in [2.45, 2.75) is 64.9 Å². The molecule has 0 saturated heterocycles. The molecule has 0 aliphatic carbocycles. The SMILES string of the molecule is CC=CC=CC=CC=CCCC=CC(=O)NCC(C)(O)CCCCC. The minimum Gasteiger partial charge on any atom is -0.388 e. The summed E-state index contributed by atoms with van der Waals surface area (Å²) >= 11 is 0. The summed E-state index contributed by atoms with van der Waals surface area (Å²) in [5, 5.41) is 13.0. The quantitative estimate of drug-likeness (QED) is 0.280. The monoisotopic (exact) mass is 345 g/mol. The van der Waals surface area contributed by atoms with Crippen LogP contribution in [0.3, 0.4) is 0 Å². The lowest BCUT2D eigenvalue weighted by Crippen LogP contribution is -2.40. The van der Waals surface area contributed by atoms with Crippen molar-refractivity contribution >= 4 is 5.91 Å². The molecule has 1 amide bonds. The second-order valence-electron chi connectivity index (χ2n) is 6.38. The summed E-state index contributed by atoms with van der Waals surface area (Å²) < 4.78 is 0. The first-order chi connectivity index (χ1) is 12.0. The topological polar surface area (TPSA) is 49.3 Å². The van der Waals surface area contributed by atoms with E-state index in [1.807, 2.05) is 55.5 Å². The van der Waals surface area contributed by atoms with E-state index in [1.54, 1.807) is 13.0 Å². The van der Waals surface area contributed by atoms with Crippen LogP contribution in [0.2, 0.25) is 0 Å². The molecule has 2 N–H and O–H groups in total. The van der Waals surface area contributed by atoms with Crippen molar-refractivity contribution in [3.8, 4) is 0 Å². The largest absolute Gasteiger partial charge is 0.388 e. The van der Waals surface area contributed by atoms with Gasteiger partial charge in [-0.1, -0.05) is 80.9 Å². The summed E-state index contributed by atoms with van der Waals surface area (Å²) in [4.78, 5) is 11.7. The van der Waals surface area contributed by atoms with Gasteiger partial charge in [-0.3, -0.25) is 4.79 Å². The third-order valence-electron chi connectivity index (χ3n) is 3.62. The van der Waals surface area contributed by atoms with Gasteiger partial charge in [0.2, 0.25) is 5.91 Å². The van der Waals surface area contributed by atoms with Crippen LogP contribution in [0.5, 0.6) is 0 Å². The fourth-order valence-corrected chi connectivity index (χ4v) is 2.11. The predicted octanol–water partition coefficient (Wildman–Crippen LogP) is 5.02. The number of aliphatic hydroxyl groups is 1. The van der Waals surface area contributed by atoms with Gasteiger partial charge in [0.15, 0.2) is 0 Å². The summed E-state index contributed by atoms with van der Waals surface area (Å²) in [5.74, 6) is -0.145. The molecule has 3 nitrogen and oxygen atoms in total. The van der Waals surface area contributed by atoms with Gasteiger partial charge in [-0.25, -0.2) is 0 Å². The molecular weight excluding hydrogens is 310 g/mol. The summed E-state index contributed by atoms with van der Waals surface area (Å²) in [6.45, 7) is 6.19. The van der Waals surface area contributed by atoms with Crippen molar-refractivity contribution in [2.75, 3.05) is 6.54 Å². The van der Waals surface area contributed by atoms with Gasteiger partial charge in [-0.2, -0.15) is 0 Å². The van der Waals surface area contributed by atoms with E-state index in [2.05, 4.69) is 18.3 Å². The van der Waals surface area contributed by atoms with Gasteiger partial charge < -0.3 is 10.4 Å². The van der Waals surface area contributed by atoms with E-state index in [-0.39, 0.29) is 5.91 Å². The van der Waals surface area contributed by atoms with Gasteiger partial charge in [0, 0.05) is 6.54 Å². The van der Waals surface area contributed by atoms with E-state index in [0.717, 1.165) is 32.1 Å². The molecule has 0 aromatic carbocycles. The Kier molecular flexibility index (Phi) is 14.5. The van der Waals surface area contributed by atoms with Crippen LogP contribution in [0.15, 0.2) is 60.8 Å². The van der Waals surface area contributed by atoms with Gasteiger partial charge in [0.05, 0.1) is 5.60 Å². The molecule has 25 heavy (non-hydrogen) atoms. The average molecular weight is 346 g/mol. The average Bonchev–Trinajstić information content (AvgIpc) is 2.58. The molecule has 140 valence electrons. The van der Waals surface area contributed by atoms with Crippen molar-refractivity contribution in [1.82, 2.24) is 5.32 Å². The molecule has 0 aromatic heterocycles. The Morgan fingerprint density at radius 1 is 1.00 bits per heavy atom. The first-order valence-electron chi connectivity index (χ1n) is 9.29. The number of unbranched alkanes of at least 4 members (excludes halogenated alkanes) is 3. The Morgan fingerprint density at radius 3 is 2.32 bits per heavy atom. The smallest absolute Gasteiger partial charge is 0.243 e. The molecule has 0 saturated carbocycles. The number of hydrogen-bond acceptors (Lipinski definition) is 2. The molecule has 1 atom stereocenters. The standard InChI is InChI=1S/C22H35NO2/c1-4-6-8-9-10-11-12-13-14-15-16-18-21(24)23-20-22(3,25)19-17-7-5-2/h4,6,8-13,16,18,25H,5,7,14-15,17,19-20H2,1-3H3,(H,23,24). The Morgan fingerprint density at radius 2 is 1.64 bits per heavy atom. The zero-order valence-electron chi connectivity index (χ0n) is 16.1. The third kappa shape index (κ3) is 16.8. The second-order valence-corrected chi connectivity index (χ2v) is 6.38. The first kappa shape index (κ1) is 23.1. The summed E-state index contributed by atoms with van der Waals surface area (Å²) in [6, 6.07) is 0. The number of allylic oxidation sites excluding steroid dienone is 9. The van der Waals surface area contributed by atoms with Gasteiger partial charge in [0.1, 0.15) is 0 Å². The van der Waals surface area contributed by atoms with Crippen LogP contribution < -0.4 is 5.32 Å². The lowest BCUT2D eigenvalue weighted by atomic mass is 9.98. The van der Waals surface area contributed by atoms with Crippen LogP contribution in [0.1, 0.15) is 59.3 Å². The molecule has 0 aliphatic heterocycles. The normalized spacial score (nSPS) is 15.2. The lowest BCUT2D eigenvalue weighted by Gasteiger charge is -2.23. The molecule has 0 fully saturated rings. The van der Waals surface area contributed by atoms with Crippen LogP contribution in [-0.4, -0.2) is 23.2 Å². The van der Waals surface area contributed by atoms with Gasteiger partial charge in [-0.05, 0) is 39.2 Å². The predicted molar refractivity (Wildman–Crippen MR) is 108 cm³/mol. The molecule has 0 aliphatic rings. The highest BCUT2D eigenvalue weighted by atomic mass is 16.3. The van der Waals surface area contributed by atoms with Gasteiger partial charge >= 0.3 is 0 Å². The number of carbonyl (C=O) groups excluding carboxylic acids is 1. The van der Waals surface area contributed by atoms with E-state index in [1.165, 1.54) is 0 Å². The second kappa shape index (κ2) is 15.6. The molecule has 0 aromatic rings. The van der Waals surface area contributed by atoms with Crippen molar-refractivity contribution in [3.63, 3.8) is 0 Å². The zero-order chi connectivity index (χ0) is 18.8. The minimum absolute atomic E-state index is 0.145. The molecule has 0 spiro atoms. The molecule has 1 unspecified atom stereocenters. The zero-order valence-corrected chi connectivity index (χ0v) is 16.1. The third-order valence-corrected chi connectivity index (χ3v) is 3.62. The fraction of sp³-hybridized carbons (Fsp3) is 0.500. The molecule has 0 bridgehead atoms. The Hall–Kier alpha value is -1.87. The highest BCUT2D eigenvalue weighted by Gasteiger charge is 2.19. The van der Waals surface area contributed by atoms with Crippen molar-refractivity contribution < 1.29 is 9.90 Å². The summed E-state index contributed by atoms with van der Waals surface area (Å²) in [6.07, 6.45) is 25.0. The van der Waals surface area contributed by atoms with E-state index in [4.69, 9.17) is 0 Å². The Balaban J connectivity index is 3.85. The van der Waals surface area contributed by atoms with Gasteiger partial charge in [-0.15, -0.1) is 0 Å². The Labute approximate surface area is 153 Å². The van der Waals surface area contributed by atoms with Crippen LogP contribution in [0.25, 0.3) is 0 Å². The molecule has 0 radical (unpaired) electrons. The van der Waals surface area contributed by atoms with E-state index in [9.17, 15) is 9.90 Å². The Bertz CT molecular complexity index is 482. The van der Waals surface area contributed by atoms with Crippen LogP contribution >= 0.6 is 0 Å². The highest BCUT2D eigenvalue weighted by molar-refractivity contribution is 5.87. The summed E-state index contributed by atoms with van der Waals surface area (Å²) in [7, 11) is 0. The molecular formula is C22H35NO2. The maximum absolute atomic E-state index is 11.7. The van der Waals surface area contributed by atoms with Gasteiger partial charge in [0.25, 0.3) is 0 Å². The van der Waals surface area contributed by atoms with Crippen LogP contribution in [0, 0.1) is 0 Å². The molecule has 0 heterocycles. The van der Waals surface area contributed by atoms with Crippen LogP contribution in [-0.2, 0) is 4.79 Å². The number of nitrogens with one attached hydrogen (secondary N) is 1. The fourth-order valence-electron chi connectivity index (χ4n) is 2.11. The van der Waals surface area contributed by atoms with Crippen LogP contribution in [0.4, 0.5) is 0 Å². The molecule has 3 heteroatoms. The highest BCUT2D eigenvalue weighted by Crippen LogP contribution is 2.13. The lowest BCUT2D eigenvalue weighted by molar-refractivity contribution is -0.117. The van der Waals surface area contributed by atoms with E-state index < -0.39 is 5.60 Å². The number of rotatable bonds is 13. The number of carbonyl (C=O) groups is 1. The molecule has 0 rings (SSSR count). The number of hydrogen-bond donors (Lipinski definition) is 2. The maximum atomic E-state index is 11.7. The van der Waals surface area contributed by atoms with Crippen molar-refractivity contribution in [1.29, 1.82) is 0 Å². The first-order valence-corrected chi connectivity index (χ1v) is 9.29.